The molecule has 1 atom stereocenters. The Hall–Kier alpha value is -4.21. The number of hydrogen-bond acceptors (Lipinski definition) is 7. The summed E-state index contributed by atoms with van der Waals surface area (Å²) in [4.78, 5) is 45.9. The lowest BCUT2D eigenvalue weighted by molar-refractivity contribution is -0.146. The molecule has 2 aliphatic rings. The summed E-state index contributed by atoms with van der Waals surface area (Å²) in [6, 6.07) is 12.3. The van der Waals surface area contributed by atoms with Gasteiger partial charge in [-0.15, -0.1) is 5.10 Å². The summed E-state index contributed by atoms with van der Waals surface area (Å²) in [5.41, 5.74) is 1.86. The Labute approximate surface area is 194 Å². The van der Waals surface area contributed by atoms with Crippen molar-refractivity contribution >= 4 is 23.3 Å². The predicted octanol–water partition coefficient (Wildman–Crippen LogP) is 1.74. The van der Waals surface area contributed by atoms with Gasteiger partial charge in [0.2, 0.25) is 5.78 Å². The van der Waals surface area contributed by atoms with Gasteiger partial charge in [-0.1, -0.05) is 18.2 Å². The van der Waals surface area contributed by atoms with Crippen LogP contribution in [0.2, 0.25) is 0 Å². The fourth-order valence-corrected chi connectivity index (χ4v) is 4.35. The SMILES string of the molecule is O=C(C(=O)N1CCN(C(=O)c2ccccc2)CC1)C1CNc2c(-c3cccnn3)ncc(F)c21. The molecule has 1 aromatic carbocycles. The van der Waals surface area contributed by atoms with E-state index in [1.54, 1.807) is 41.3 Å². The van der Waals surface area contributed by atoms with Gasteiger partial charge in [0.05, 0.1) is 17.8 Å². The highest BCUT2D eigenvalue weighted by atomic mass is 19.1. The van der Waals surface area contributed by atoms with Crippen molar-refractivity contribution < 1.29 is 18.8 Å². The fraction of sp³-hybridized carbons (Fsp3) is 0.250. The molecule has 4 heterocycles. The van der Waals surface area contributed by atoms with Gasteiger partial charge in [-0.05, 0) is 24.3 Å². The van der Waals surface area contributed by atoms with E-state index in [1.165, 1.54) is 11.1 Å². The molecule has 1 unspecified atom stereocenters. The summed E-state index contributed by atoms with van der Waals surface area (Å²) >= 11 is 0. The lowest BCUT2D eigenvalue weighted by Gasteiger charge is -2.34. The molecule has 9 nitrogen and oxygen atoms in total. The number of aromatic nitrogens is 3. The van der Waals surface area contributed by atoms with Crippen LogP contribution in [0.15, 0.2) is 54.9 Å². The molecule has 0 spiro atoms. The molecule has 0 radical (unpaired) electrons. The van der Waals surface area contributed by atoms with Gasteiger partial charge in [-0.25, -0.2) is 9.37 Å². The first-order valence-corrected chi connectivity index (χ1v) is 10.9. The first kappa shape index (κ1) is 21.6. The van der Waals surface area contributed by atoms with Crippen LogP contribution in [0.5, 0.6) is 0 Å². The molecule has 0 saturated carbocycles. The van der Waals surface area contributed by atoms with E-state index in [9.17, 15) is 18.8 Å². The van der Waals surface area contributed by atoms with Crippen LogP contribution in [0.3, 0.4) is 0 Å². The normalized spacial score (nSPS) is 17.1. The minimum Gasteiger partial charge on any atom is -0.382 e. The molecule has 1 N–H and O–H groups in total. The highest BCUT2D eigenvalue weighted by Crippen LogP contribution is 2.39. The molecule has 1 fully saturated rings. The molecule has 1 saturated heterocycles. The van der Waals surface area contributed by atoms with Crippen LogP contribution in [0.1, 0.15) is 21.8 Å². The van der Waals surface area contributed by atoms with E-state index >= 15 is 0 Å². The number of amides is 2. The molecule has 0 bridgehead atoms. The second-order valence-corrected chi connectivity index (χ2v) is 8.10. The number of hydrogen-bond donors (Lipinski definition) is 1. The molecule has 2 amide bonds. The monoisotopic (exact) mass is 460 g/mol. The topological polar surface area (TPSA) is 108 Å². The number of anilines is 1. The summed E-state index contributed by atoms with van der Waals surface area (Å²) in [6.07, 6.45) is 2.55. The molecule has 34 heavy (non-hydrogen) atoms. The van der Waals surface area contributed by atoms with E-state index in [0.717, 1.165) is 6.20 Å². The largest absolute Gasteiger partial charge is 0.382 e. The molecule has 172 valence electrons. The van der Waals surface area contributed by atoms with Crippen LogP contribution >= 0.6 is 0 Å². The summed E-state index contributed by atoms with van der Waals surface area (Å²) in [7, 11) is 0. The molecule has 3 aromatic rings. The number of carbonyl (C=O) groups is 3. The third kappa shape index (κ3) is 3.87. The number of halogens is 1. The van der Waals surface area contributed by atoms with Crippen molar-refractivity contribution in [2.24, 2.45) is 0 Å². The Morgan fingerprint density at radius 2 is 1.71 bits per heavy atom. The Morgan fingerprint density at radius 1 is 0.971 bits per heavy atom. The van der Waals surface area contributed by atoms with Gasteiger partial charge < -0.3 is 15.1 Å². The van der Waals surface area contributed by atoms with Crippen molar-refractivity contribution in [2.45, 2.75) is 5.92 Å². The Balaban J connectivity index is 1.30. The minimum atomic E-state index is -0.968. The maximum atomic E-state index is 14.7. The molecule has 0 aliphatic carbocycles. The van der Waals surface area contributed by atoms with Gasteiger partial charge >= 0.3 is 0 Å². The van der Waals surface area contributed by atoms with E-state index in [0.29, 0.717) is 35.7 Å². The van der Waals surface area contributed by atoms with E-state index in [4.69, 9.17) is 0 Å². The van der Waals surface area contributed by atoms with Gasteiger partial charge in [0.25, 0.3) is 11.8 Å². The smallest absolute Gasteiger partial charge is 0.290 e. The zero-order valence-corrected chi connectivity index (χ0v) is 18.1. The van der Waals surface area contributed by atoms with Crippen LogP contribution in [-0.4, -0.2) is 75.3 Å². The van der Waals surface area contributed by atoms with Gasteiger partial charge in [0.1, 0.15) is 17.2 Å². The average Bonchev–Trinajstić information content (AvgIpc) is 3.35. The number of fused-ring (bicyclic) bond motifs is 1. The quantitative estimate of drug-likeness (QED) is 0.591. The van der Waals surface area contributed by atoms with Gasteiger partial charge in [0, 0.05) is 50.0 Å². The Kier molecular flexibility index (Phi) is 5.70. The lowest BCUT2D eigenvalue weighted by Crippen LogP contribution is -2.52. The van der Waals surface area contributed by atoms with Crippen LogP contribution in [0, 0.1) is 5.82 Å². The van der Waals surface area contributed by atoms with E-state index in [1.807, 2.05) is 6.07 Å². The number of piperazine rings is 1. The number of carbonyl (C=O) groups excluding carboxylic acids is 3. The lowest BCUT2D eigenvalue weighted by atomic mass is 9.95. The van der Waals surface area contributed by atoms with Crippen LogP contribution in [0.25, 0.3) is 11.4 Å². The summed E-state index contributed by atoms with van der Waals surface area (Å²) in [5.74, 6) is -3.10. The standard InChI is InChI=1S/C24H21FN6O3/c25-17-14-27-20(18-7-4-8-28-29-18)21-19(17)16(13-26-21)22(32)24(34)31-11-9-30(10-12-31)23(33)15-5-2-1-3-6-15/h1-8,14,16,26H,9-13H2. The highest BCUT2D eigenvalue weighted by Gasteiger charge is 2.39. The molecule has 2 aliphatic heterocycles. The van der Waals surface area contributed by atoms with Crippen molar-refractivity contribution in [1.82, 2.24) is 25.0 Å². The van der Waals surface area contributed by atoms with Gasteiger partial charge in [-0.3, -0.25) is 14.4 Å². The van der Waals surface area contributed by atoms with Crippen molar-refractivity contribution in [1.29, 1.82) is 0 Å². The molecular formula is C24H21FN6O3. The molecule has 10 heteroatoms. The minimum absolute atomic E-state index is 0.0856. The van der Waals surface area contributed by atoms with E-state index in [2.05, 4.69) is 20.5 Å². The number of benzene rings is 1. The predicted molar refractivity (Wildman–Crippen MR) is 120 cm³/mol. The second-order valence-electron chi connectivity index (χ2n) is 8.10. The first-order valence-electron chi connectivity index (χ1n) is 10.9. The number of Topliss-reactive ketones (excluding diaryl/α,β-unsaturated/α-hetero) is 1. The van der Waals surface area contributed by atoms with Crippen molar-refractivity contribution in [3.8, 4) is 11.4 Å². The number of pyridine rings is 1. The molecular weight excluding hydrogens is 439 g/mol. The zero-order valence-electron chi connectivity index (χ0n) is 18.1. The molecule has 2 aromatic heterocycles. The Bertz CT molecular complexity index is 1250. The Morgan fingerprint density at radius 3 is 2.41 bits per heavy atom. The van der Waals surface area contributed by atoms with Gasteiger partial charge in [0.15, 0.2) is 0 Å². The van der Waals surface area contributed by atoms with Crippen LogP contribution < -0.4 is 5.32 Å². The molecule has 5 rings (SSSR count). The van der Waals surface area contributed by atoms with Gasteiger partial charge in [-0.2, -0.15) is 5.10 Å². The second kappa shape index (κ2) is 8.97. The summed E-state index contributed by atoms with van der Waals surface area (Å²) < 4.78 is 14.7. The third-order valence-corrected chi connectivity index (χ3v) is 6.12. The number of rotatable bonds is 4. The van der Waals surface area contributed by atoms with Crippen molar-refractivity contribution in [3.63, 3.8) is 0 Å². The van der Waals surface area contributed by atoms with Crippen LogP contribution in [-0.2, 0) is 9.59 Å². The number of ketones is 1. The maximum absolute atomic E-state index is 14.7. The summed E-state index contributed by atoms with van der Waals surface area (Å²) in [6.45, 7) is 1.20. The van der Waals surface area contributed by atoms with Crippen LogP contribution in [0.4, 0.5) is 10.1 Å². The van der Waals surface area contributed by atoms with Crippen molar-refractivity contribution in [2.75, 3.05) is 38.0 Å². The fourth-order valence-electron chi connectivity index (χ4n) is 4.35. The average molecular weight is 460 g/mol. The van der Waals surface area contributed by atoms with Crippen molar-refractivity contribution in [3.05, 3.63) is 71.8 Å². The van der Waals surface area contributed by atoms with E-state index < -0.39 is 23.4 Å². The number of nitrogens with one attached hydrogen (secondary N) is 1. The zero-order chi connectivity index (χ0) is 23.7. The third-order valence-electron chi connectivity index (χ3n) is 6.12. The summed E-state index contributed by atoms with van der Waals surface area (Å²) in [5, 5.41) is 10.9. The maximum Gasteiger partial charge on any atom is 0.290 e. The van der Waals surface area contributed by atoms with E-state index in [-0.39, 0.29) is 31.1 Å². The highest BCUT2D eigenvalue weighted by molar-refractivity contribution is 6.38. The first-order chi connectivity index (χ1) is 16.5. The number of nitrogens with zero attached hydrogens (tertiary/aromatic N) is 5.